The van der Waals surface area contributed by atoms with Crippen molar-refractivity contribution >= 4 is 0 Å². The molecule has 0 fully saturated rings. The maximum absolute atomic E-state index is 11.9. The first-order valence-corrected chi connectivity index (χ1v) is 7.82. The summed E-state index contributed by atoms with van der Waals surface area (Å²) in [7, 11) is 0. The minimum absolute atomic E-state index is 0.0181. The standard InChI is InChI=1S/C17H21N3O3/c1-3-23-16-8-12(4-5-15(16)21)9-20-7-6-13-14(10-20)18-11(2)19-17(13)22/h4-5,8,21H,3,6-7,9-10H2,1-2H3,(H,18,19,22). The second-order valence-corrected chi connectivity index (χ2v) is 5.77. The van der Waals surface area contributed by atoms with Gasteiger partial charge in [-0.1, -0.05) is 6.07 Å². The highest BCUT2D eigenvalue weighted by Crippen LogP contribution is 2.28. The number of hydrogen-bond acceptors (Lipinski definition) is 5. The van der Waals surface area contributed by atoms with Crippen molar-refractivity contribution in [2.24, 2.45) is 0 Å². The van der Waals surface area contributed by atoms with Crippen LogP contribution in [-0.2, 0) is 19.5 Å². The highest BCUT2D eigenvalue weighted by molar-refractivity contribution is 5.41. The molecule has 0 saturated carbocycles. The Labute approximate surface area is 134 Å². The van der Waals surface area contributed by atoms with E-state index in [4.69, 9.17) is 4.74 Å². The summed E-state index contributed by atoms with van der Waals surface area (Å²) in [5, 5.41) is 9.78. The first-order chi connectivity index (χ1) is 11.1. The second kappa shape index (κ2) is 6.42. The minimum atomic E-state index is -0.0181. The van der Waals surface area contributed by atoms with Crippen LogP contribution in [-0.4, -0.2) is 33.1 Å². The van der Waals surface area contributed by atoms with Gasteiger partial charge >= 0.3 is 0 Å². The zero-order chi connectivity index (χ0) is 16.4. The molecule has 0 spiro atoms. The van der Waals surface area contributed by atoms with Gasteiger partial charge in [-0.05, 0) is 38.0 Å². The summed E-state index contributed by atoms with van der Waals surface area (Å²) in [6.07, 6.45) is 0.703. The number of aromatic amines is 1. The molecule has 3 rings (SSSR count). The number of phenols is 1. The van der Waals surface area contributed by atoms with Crippen LogP contribution in [0.25, 0.3) is 0 Å². The molecule has 0 bridgehead atoms. The van der Waals surface area contributed by atoms with Crippen molar-refractivity contribution in [2.75, 3.05) is 13.2 Å². The van der Waals surface area contributed by atoms with Gasteiger partial charge in [-0.2, -0.15) is 0 Å². The highest BCUT2D eigenvalue weighted by Gasteiger charge is 2.20. The van der Waals surface area contributed by atoms with E-state index in [1.807, 2.05) is 19.1 Å². The first kappa shape index (κ1) is 15.6. The predicted octanol–water partition coefficient (Wildman–Crippen LogP) is 1.74. The van der Waals surface area contributed by atoms with Gasteiger partial charge in [-0.3, -0.25) is 9.69 Å². The molecule has 1 aromatic carbocycles. The Bertz CT molecular complexity index is 770. The van der Waals surface area contributed by atoms with Crippen LogP contribution in [0, 0.1) is 6.92 Å². The Hall–Kier alpha value is -2.34. The molecule has 122 valence electrons. The minimum Gasteiger partial charge on any atom is -0.504 e. The van der Waals surface area contributed by atoms with Crippen molar-refractivity contribution in [3.05, 3.63) is 51.2 Å². The summed E-state index contributed by atoms with van der Waals surface area (Å²) in [6, 6.07) is 5.42. The molecule has 2 aromatic rings. The lowest BCUT2D eigenvalue weighted by Crippen LogP contribution is -2.35. The number of fused-ring (bicyclic) bond motifs is 1. The summed E-state index contributed by atoms with van der Waals surface area (Å²) in [5.74, 6) is 1.31. The van der Waals surface area contributed by atoms with E-state index in [1.54, 1.807) is 13.0 Å². The molecule has 2 heterocycles. The SMILES string of the molecule is CCOc1cc(CN2CCc3c(nc(C)[nH]c3=O)C2)ccc1O. The van der Waals surface area contributed by atoms with Crippen molar-refractivity contribution < 1.29 is 9.84 Å². The molecule has 6 nitrogen and oxygen atoms in total. The van der Waals surface area contributed by atoms with Crippen molar-refractivity contribution in [2.45, 2.75) is 33.4 Å². The summed E-state index contributed by atoms with van der Waals surface area (Å²) >= 11 is 0. The summed E-state index contributed by atoms with van der Waals surface area (Å²) in [5.41, 5.74) is 2.71. The maximum Gasteiger partial charge on any atom is 0.254 e. The van der Waals surface area contributed by atoms with E-state index < -0.39 is 0 Å². The number of aromatic nitrogens is 2. The molecule has 2 N–H and O–H groups in total. The molecule has 6 heteroatoms. The van der Waals surface area contributed by atoms with Crippen LogP contribution in [0.3, 0.4) is 0 Å². The van der Waals surface area contributed by atoms with Gasteiger partial charge in [0, 0.05) is 25.2 Å². The first-order valence-electron chi connectivity index (χ1n) is 7.82. The van der Waals surface area contributed by atoms with Crippen LogP contribution in [0.1, 0.15) is 29.6 Å². The maximum atomic E-state index is 11.9. The summed E-state index contributed by atoms with van der Waals surface area (Å²) in [4.78, 5) is 21.4. The fourth-order valence-corrected chi connectivity index (χ4v) is 2.94. The molecule has 0 radical (unpaired) electrons. The number of nitrogens with zero attached hydrogens (tertiary/aromatic N) is 2. The zero-order valence-electron chi connectivity index (χ0n) is 13.4. The molecule has 0 atom stereocenters. The Morgan fingerprint density at radius 2 is 2.26 bits per heavy atom. The summed E-state index contributed by atoms with van der Waals surface area (Å²) in [6.45, 7) is 6.40. The monoisotopic (exact) mass is 315 g/mol. The quantitative estimate of drug-likeness (QED) is 0.898. The number of rotatable bonds is 4. The third kappa shape index (κ3) is 3.37. The van der Waals surface area contributed by atoms with E-state index in [0.717, 1.165) is 29.9 Å². The number of aromatic hydroxyl groups is 1. The van der Waals surface area contributed by atoms with Gasteiger partial charge in [0.1, 0.15) is 5.82 Å². The van der Waals surface area contributed by atoms with Crippen LogP contribution in [0.2, 0.25) is 0 Å². The Morgan fingerprint density at radius 1 is 1.43 bits per heavy atom. The van der Waals surface area contributed by atoms with Crippen LogP contribution in [0.15, 0.2) is 23.0 Å². The van der Waals surface area contributed by atoms with Crippen molar-refractivity contribution in [3.63, 3.8) is 0 Å². The lowest BCUT2D eigenvalue weighted by Gasteiger charge is -2.27. The topological polar surface area (TPSA) is 78.5 Å². The Kier molecular flexibility index (Phi) is 4.34. The Balaban J connectivity index is 1.77. The number of H-pyrrole nitrogens is 1. The largest absolute Gasteiger partial charge is 0.504 e. The van der Waals surface area contributed by atoms with Crippen LogP contribution in [0.4, 0.5) is 0 Å². The van der Waals surface area contributed by atoms with Crippen LogP contribution < -0.4 is 10.3 Å². The van der Waals surface area contributed by atoms with Gasteiger partial charge in [0.05, 0.1) is 12.3 Å². The second-order valence-electron chi connectivity index (χ2n) is 5.77. The molecular formula is C17H21N3O3. The zero-order valence-corrected chi connectivity index (χ0v) is 13.4. The number of ether oxygens (including phenoxy) is 1. The van der Waals surface area contributed by atoms with Gasteiger partial charge in [0.25, 0.3) is 5.56 Å². The number of aryl methyl sites for hydroxylation is 1. The lowest BCUT2D eigenvalue weighted by atomic mass is 10.1. The van der Waals surface area contributed by atoms with Gasteiger partial charge in [-0.15, -0.1) is 0 Å². The van der Waals surface area contributed by atoms with Crippen molar-refractivity contribution in [1.82, 2.24) is 14.9 Å². The predicted molar refractivity (Wildman–Crippen MR) is 86.7 cm³/mol. The molecule has 0 aliphatic carbocycles. The number of benzene rings is 1. The van der Waals surface area contributed by atoms with Crippen molar-refractivity contribution in [3.8, 4) is 11.5 Å². The number of nitrogens with one attached hydrogen (secondary N) is 1. The molecule has 1 aliphatic heterocycles. The molecule has 1 aromatic heterocycles. The molecule has 0 saturated heterocycles. The van der Waals surface area contributed by atoms with Gasteiger partial charge in [0.2, 0.25) is 0 Å². The van der Waals surface area contributed by atoms with Gasteiger partial charge in [-0.25, -0.2) is 4.98 Å². The van der Waals surface area contributed by atoms with E-state index in [2.05, 4.69) is 14.9 Å². The van der Waals surface area contributed by atoms with Gasteiger partial charge < -0.3 is 14.8 Å². The van der Waals surface area contributed by atoms with E-state index in [9.17, 15) is 9.90 Å². The normalized spacial score (nSPS) is 14.5. The smallest absolute Gasteiger partial charge is 0.254 e. The summed E-state index contributed by atoms with van der Waals surface area (Å²) < 4.78 is 5.43. The van der Waals surface area contributed by atoms with E-state index in [-0.39, 0.29) is 11.3 Å². The lowest BCUT2D eigenvalue weighted by molar-refractivity contribution is 0.239. The number of hydrogen-bond donors (Lipinski definition) is 2. The van der Waals surface area contributed by atoms with E-state index in [0.29, 0.717) is 31.1 Å². The average molecular weight is 315 g/mol. The third-order valence-electron chi connectivity index (χ3n) is 4.00. The molecular weight excluding hydrogens is 294 g/mol. The van der Waals surface area contributed by atoms with E-state index >= 15 is 0 Å². The van der Waals surface area contributed by atoms with E-state index in [1.165, 1.54) is 0 Å². The average Bonchev–Trinajstić information content (AvgIpc) is 2.50. The molecule has 23 heavy (non-hydrogen) atoms. The number of phenolic OH excluding ortho intramolecular Hbond substituents is 1. The molecule has 1 aliphatic rings. The molecule has 0 amide bonds. The van der Waals surface area contributed by atoms with Crippen molar-refractivity contribution in [1.29, 1.82) is 0 Å². The molecule has 0 unspecified atom stereocenters. The Morgan fingerprint density at radius 3 is 3.04 bits per heavy atom. The fourth-order valence-electron chi connectivity index (χ4n) is 2.94. The van der Waals surface area contributed by atoms with Crippen LogP contribution >= 0.6 is 0 Å². The van der Waals surface area contributed by atoms with Gasteiger partial charge in [0.15, 0.2) is 11.5 Å². The van der Waals surface area contributed by atoms with Crippen LogP contribution in [0.5, 0.6) is 11.5 Å². The fraction of sp³-hybridized carbons (Fsp3) is 0.412. The highest BCUT2D eigenvalue weighted by atomic mass is 16.5. The third-order valence-corrected chi connectivity index (χ3v) is 4.00.